The monoisotopic (exact) mass is 356 g/mol. The summed E-state index contributed by atoms with van der Waals surface area (Å²) in [7, 11) is -3.20. The summed E-state index contributed by atoms with van der Waals surface area (Å²) in [6.45, 7) is 1.40. The van der Waals surface area contributed by atoms with E-state index in [1.54, 1.807) is 0 Å². The van der Waals surface area contributed by atoms with Crippen LogP contribution in [-0.2, 0) is 18.6 Å². The number of rotatable bonds is 5. The summed E-state index contributed by atoms with van der Waals surface area (Å²) < 4.78 is 25.1. The lowest BCUT2D eigenvalue weighted by Crippen LogP contribution is -2.26. The highest BCUT2D eigenvalue weighted by atomic mass is 31.2. The fourth-order valence-electron chi connectivity index (χ4n) is 2.88. The van der Waals surface area contributed by atoms with Crippen molar-refractivity contribution < 1.29 is 18.6 Å². The Morgan fingerprint density at radius 3 is 1.80 bits per heavy atom. The highest BCUT2D eigenvalue weighted by molar-refractivity contribution is 7.74. The van der Waals surface area contributed by atoms with Gasteiger partial charge in [0.2, 0.25) is 0 Å². The van der Waals surface area contributed by atoms with Gasteiger partial charge in [0.1, 0.15) is 6.10 Å². The average Bonchev–Trinajstić information content (AvgIpc) is 2.64. The summed E-state index contributed by atoms with van der Waals surface area (Å²) >= 11 is 0. The van der Waals surface area contributed by atoms with Crippen molar-refractivity contribution in [2.45, 2.75) is 32.0 Å². The lowest BCUT2D eigenvalue weighted by atomic mass is 10.0. The minimum atomic E-state index is -3.20. The van der Waals surface area contributed by atoms with Gasteiger partial charge in [-0.2, -0.15) is 0 Å². The third-order valence-electron chi connectivity index (χ3n) is 4.07. The van der Waals surface area contributed by atoms with E-state index in [9.17, 15) is 9.36 Å². The van der Waals surface area contributed by atoms with Crippen molar-refractivity contribution >= 4 is 23.9 Å². The molecule has 130 valence electrons. The van der Waals surface area contributed by atoms with Crippen molar-refractivity contribution in [1.29, 1.82) is 0 Å². The van der Waals surface area contributed by atoms with E-state index in [1.807, 2.05) is 72.8 Å². The molecule has 2 aromatic carbocycles. The SMILES string of the molecule is CC(=O)O[C@@H]1C=C[C@H](OP(=O)(c2ccccc2)c2ccccc2)CC1. The molecule has 0 spiro atoms. The van der Waals surface area contributed by atoms with Gasteiger partial charge in [-0.3, -0.25) is 9.36 Å². The quantitative estimate of drug-likeness (QED) is 0.467. The Balaban J connectivity index is 1.85. The molecule has 0 saturated carbocycles. The molecule has 0 radical (unpaired) electrons. The zero-order valence-corrected chi connectivity index (χ0v) is 15.0. The zero-order chi connectivity index (χ0) is 17.7. The molecule has 0 aromatic heterocycles. The van der Waals surface area contributed by atoms with Crippen LogP contribution >= 0.6 is 7.37 Å². The molecule has 0 amide bonds. The molecule has 5 heteroatoms. The number of carbonyl (C=O) groups is 1. The first-order valence-corrected chi connectivity index (χ1v) is 9.95. The summed E-state index contributed by atoms with van der Waals surface area (Å²) in [5.74, 6) is -0.298. The molecule has 4 nitrogen and oxygen atoms in total. The van der Waals surface area contributed by atoms with Crippen molar-refractivity contribution in [2.24, 2.45) is 0 Å². The Kier molecular flexibility index (Phi) is 5.52. The molecule has 0 heterocycles. The summed E-state index contributed by atoms with van der Waals surface area (Å²) in [6, 6.07) is 18.6. The zero-order valence-electron chi connectivity index (χ0n) is 14.1. The van der Waals surface area contributed by atoms with Gasteiger partial charge in [-0.1, -0.05) is 42.5 Å². The summed E-state index contributed by atoms with van der Waals surface area (Å²) in [6.07, 6.45) is 4.46. The molecule has 1 aliphatic carbocycles. The van der Waals surface area contributed by atoms with Gasteiger partial charge in [0, 0.05) is 17.5 Å². The molecule has 0 fully saturated rings. The molecule has 2 aromatic rings. The van der Waals surface area contributed by atoms with Crippen LogP contribution in [0.1, 0.15) is 19.8 Å². The van der Waals surface area contributed by atoms with Gasteiger partial charge in [-0.15, -0.1) is 0 Å². The highest BCUT2D eigenvalue weighted by Gasteiger charge is 2.32. The Morgan fingerprint density at radius 1 is 0.880 bits per heavy atom. The third kappa shape index (κ3) is 4.28. The van der Waals surface area contributed by atoms with Crippen LogP contribution in [0.3, 0.4) is 0 Å². The van der Waals surface area contributed by atoms with Gasteiger partial charge in [0.25, 0.3) is 7.37 Å². The topological polar surface area (TPSA) is 52.6 Å². The minimum absolute atomic E-state index is 0.231. The van der Waals surface area contributed by atoms with Crippen LogP contribution < -0.4 is 10.6 Å². The standard InChI is InChI=1S/C20H21O4P/c1-16(21)23-17-12-14-18(15-13-17)24-25(22,19-8-4-2-5-9-19)20-10-6-3-7-11-20/h2-12,14,17-18H,13,15H2,1H3/t17-,18+/m1/s1. The van der Waals surface area contributed by atoms with E-state index in [-0.39, 0.29) is 18.2 Å². The van der Waals surface area contributed by atoms with E-state index < -0.39 is 7.37 Å². The molecular formula is C20H21O4P. The first-order valence-electron chi connectivity index (χ1n) is 8.33. The van der Waals surface area contributed by atoms with Gasteiger partial charge in [0.05, 0.1) is 6.10 Å². The maximum atomic E-state index is 13.8. The molecule has 3 rings (SSSR count). The summed E-state index contributed by atoms with van der Waals surface area (Å²) in [5.41, 5.74) is 0. The van der Waals surface area contributed by atoms with E-state index in [1.165, 1.54) is 6.92 Å². The fraction of sp³-hybridized carbons (Fsp3) is 0.250. The number of benzene rings is 2. The van der Waals surface area contributed by atoms with Gasteiger partial charge in [-0.05, 0) is 43.2 Å². The van der Waals surface area contributed by atoms with Gasteiger partial charge < -0.3 is 9.26 Å². The molecule has 0 bridgehead atoms. The van der Waals surface area contributed by atoms with Crippen molar-refractivity contribution in [3.63, 3.8) is 0 Å². The molecule has 2 atom stereocenters. The highest BCUT2D eigenvalue weighted by Crippen LogP contribution is 2.47. The molecule has 0 aliphatic heterocycles. The predicted octanol–water partition coefficient (Wildman–Crippen LogP) is 3.58. The van der Waals surface area contributed by atoms with E-state index >= 15 is 0 Å². The van der Waals surface area contributed by atoms with Gasteiger partial charge in [0.15, 0.2) is 0 Å². The second-order valence-corrected chi connectivity index (χ2v) is 8.32. The first-order chi connectivity index (χ1) is 12.1. The number of esters is 1. The predicted molar refractivity (Wildman–Crippen MR) is 98.6 cm³/mol. The van der Waals surface area contributed by atoms with Crippen LogP contribution in [0, 0.1) is 0 Å². The van der Waals surface area contributed by atoms with E-state index in [0.717, 1.165) is 0 Å². The summed E-state index contributed by atoms with van der Waals surface area (Å²) in [4.78, 5) is 11.1. The van der Waals surface area contributed by atoms with Crippen LogP contribution in [0.15, 0.2) is 72.8 Å². The van der Waals surface area contributed by atoms with Crippen molar-refractivity contribution in [1.82, 2.24) is 0 Å². The maximum absolute atomic E-state index is 13.8. The fourth-order valence-corrected chi connectivity index (χ4v) is 5.11. The average molecular weight is 356 g/mol. The van der Waals surface area contributed by atoms with Crippen molar-refractivity contribution in [3.05, 3.63) is 72.8 Å². The van der Waals surface area contributed by atoms with Crippen LogP contribution in [0.4, 0.5) is 0 Å². The van der Waals surface area contributed by atoms with Crippen LogP contribution in [-0.4, -0.2) is 18.2 Å². The number of carbonyl (C=O) groups excluding carboxylic acids is 1. The normalized spacial score (nSPS) is 20.2. The van der Waals surface area contributed by atoms with E-state index in [4.69, 9.17) is 9.26 Å². The van der Waals surface area contributed by atoms with Gasteiger partial charge in [-0.25, -0.2) is 0 Å². The second-order valence-electron chi connectivity index (χ2n) is 5.98. The first kappa shape index (κ1) is 17.7. The molecule has 1 aliphatic rings. The van der Waals surface area contributed by atoms with E-state index in [2.05, 4.69) is 0 Å². The molecule has 25 heavy (non-hydrogen) atoms. The minimum Gasteiger partial charge on any atom is -0.458 e. The molecule has 0 N–H and O–H groups in total. The van der Waals surface area contributed by atoms with Gasteiger partial charge >= 0.3 is 5.97 Å². The number of ether oxygens (including phenoxy) is 1. The Hall–Kier alpha value is -2.16. The third-order valence-corrected chi connectivity index (χ3v) is 6.59. The smallest absolute Gasteiger partial charge is 0.303 e. The number of hydrogen-bond acceptors (Lipinski definition) is 4. The molecular weight excluding hydrogens is 335 g/mol. The lowest BCUT2D eigenvalue weighted by molar-refractivity contribution is -0.144. The van der Waals surface area contributed by atoms with Crippen LogP contribution in [0.25, 0.3) is 0 Å². The summed E-state index contributed by atoms with van der Waals surface area (Å²) in [5, 5.41) is 1.36. The Morgan fingerprint density at radius 2 is 1.36 bits per heavy atom. The largest absolute Gasteiger partial charge is 0.458 e. The van der Waals surface area contributed by atoms with Crippen molar-refractivity contribution in [2.75, 3.05) is 0 Å². The molecule has 0 saturated heterocycles. The van der Waals surface area contributed by atoms with Crippen molar-refractivity contribution in [3.8, 4) is 0 Å². The lowest BCUT2D eigenvalue weighted by Gasteiger charge is -2.27. The second kappa shape index (κ2) is 7.81. The Labute approximate surface area is 147 Å². The number of hydrogen-bond donors (Lipinski definition) is 0. The maximum Gasteiger partial charge on any atom is 0.303 e. The molecule has 0 unspecified atom stereocenters. The van der Waals surface area contributed by atoms with Crippen LogP contribution in [0.2, 0.25) is 0 Å². The Bertz CT molecular complexity index is 742. The van der Waals surface area contributed by atoms with Crippen LogP contribution in [0.5, 0.6) is 0 Å². The van der Waals surface area contributed by atoms with E-state index in [0.29, 0.717) is 23.5 Å².